The third-order valence-corrected chi connectivity index (χ3v) is 4.78. The van der Waals surface area contributed by atoms with E-state index in [2.05, 4.69) is 10.2 Å². The first kappa shape index (κ1) is 17.1. The molecular formula is C18H15ClN2O4S. The van der Waals surface area contributed by atoms with Crippen LogP contribution in [0.25, 0.3) is 11.5 Å². The normalized spacial score (nSPS) is 12.3. The number of nitrogens with zero attached hydrogens (tertiary/aromatic N) is 2. The number of ether oxygens (including phenoxy) is 3. The minimum atomic E-state index is 0.238. The van der Waals surface area contributed by atoms with E-state index >= 15 is 0 Å². The van der Waals surface area contributed by atoms with Crippen LogP contribution in [-0.2, 0) is 0 Å². The lowest BCUT2D eigenvalue weighted by molar-refractivity contribution is 0.174. The Bertz CT molecular complexity index is 885. The predicted octanol–water partition coefficient (Wildman–Crippen LogP) is 4.68. The van der Waals surface area contributed by atoms with Crippen molar-refractivity contribution in [3.05, 3.63) is 47.5 Å². The first-order valence-electron chi connectivity index (χ1n) is 8.03. The molecule has 0 bridgehead atoms. The van der Waals surface area contributed by atoms with Crippen molar-refractivity contribution in [2.24, 2.45) is 0 Å². The van der Waals surface area contributed by atoms with Gasteiger partial charge in [0.1, 0.15) is 5.75 Å². The zero-order valence-electron chi connectivity index (χ0n) is 13.7. The number of hydrogen-bond acceptors (Lipinski definition) is 7. The van der Waals surface area contributed by atoms with E-state index in [9.17, 15) is 0 Å². The minimum absolute atomic E-state index is 0.238. The van der Waals surface area contributed by atoms with Gasteiger partial charge in [0, 0.05) is 16.3 Å². The third-order valence-electron chi connectivity index (χ3n) is 3.62. The molecule has 3 aromatic rings. The number of halogens is 1. The van der Waals surface area contributed by atoms with Gasteiger partial charge in [-0.1, -0.05) is 23.4 Å². The maximum atomic E-state index is 5.84. The molecule has 2 heterocycles. The number of fused-ring (bicyclic) bond motifs is 1. The summed E-state index contributed by atoms with van der Waals surface area (Å²) in [7, 11) is 0. The van der Waals surface area contributed by atoms with Gasteiger partial charge in [0.2, 0.25) is 12.7 Å². The van der Waals surface area contributed by atoms with Crippen LogP contribution in [0, 0.1) is 0 Å². The summed E-state index contributed by atoms with van der Waals surface area (Å²) in [5, 5.41) is 9.39. The molecular weight excluding hydrogens is 376 g/mol. The Morgan fingerprint density at radius 1 is 1.04 bits per heavy atom. The summed E-state index contributed by atoms with van der Waals surface area (Å²) in [4.78, 5) is 0. The zero-order chi connectivity index (χ0) is 17.8. The third kappa shape index (κ3) is 4.05. The average molecular weight is 391 g/mol. The highest BCUT2D eigenvalue weighted by Gasteiger charge is 2.16. The van der Waals surface area contributed by atoms with Crippen molar-refractivity contribution in [3.8, 4) is 28.7 Å². The molecule has 0 saturated heterocycles. The Labute approximate surface area is 159 Å². The lowest BCUT2D eigenvalue weighted by Crippen LogP contribution is -1.98. The molecule has 0 N–H and O–H groups in total. The van der Waals surface area contributed by atoms with Crippen LogP contribution in [0.4, 0.5) is 0 Å². The van der Waals surface area contributed by atoms with Gasteiger partial charge >= 0.3 is 0 Å². The van der Waals surface area contributed by atoms with Crippen molar-refractivity contribution in [1.82, 2.24) is 10.2 Å². The fraction of sp³-hybridized carbons (Fsp3) is 0.222. The summed E-state index contributed by atoms with van der Waals surface area (Å²) < 4.78 is 22.0. The van der Waals surface area contributed by atoms with Crippen molar-refractivity contribution in [3.63, 3.8) is 0 Å². The zero-order valence-corrected chi connectivity index (χ0v) is 15.3. The molecule has 0 saturated carbocycles. The van der Waals surface area contributed by atoms with Crippen molar-refractivity contribution >= 4 is 23.4 Å². The minimum Gasteiger partial charge on any atom is -0.494 e. The second-order valence-electron chi connectivity index (χ2n) is 5.45. The number of hydrogen-bond donors (Lipinski definition) is 0. The van der Waals surface area contributed by atoms with E-state index in [1.807, 2.05) is 42.5 Å². The largest absolute Gasteiger partial charge is 0.494 e. The molecule has 0 fully saturated rings. The summed E-state index contributed by atoms with van der Waals surface area (Å²) in [5.41, 5.74) is 0.805. The van der Waals surface area contributed by atoms with Crippen LogP contribution < -0.4 is 14.2 Å². The monoisotopic (exact) mass is 390 g/mol. The van der Waals surface area contributed by atoms with Crippen LogP contribution in [0.2, 0.25) is 5.02 Å². The lowest BCUT2D eigenvalue weighted by Gasteiger charge is -2.05. The van der Waals surface area contributed by atoms with E-state index in [1.165, 1.54) is 11.8 Å². The van der Waals surface area contributed by atoms with Gasteiger partial charge in [-0.05, 0) is 48.9 Å². The maximum Gasteiger partial charge on any atom is 0.276 e. The molecule has 6 nitrogen and oxygen atoms in total. The number of benzene rings is 2. The van der Waals surface area contributed by atoms with Crippen LogP contribution >= 0.6 is 23.4 Å². The summed E-state index contributed by atoms with van der Waals surface area (Å²) in [6, 6.07) is 12.9. The van der Waals surface area contributed by atoms with Crippen LogP contribution in [-0.4, -0.2) is 29.4 Å². The van der Waals surface area contributed by atoms with Crippen LogP contribution in [0.1, 0.15) is 6.42 Å². The van der Waals surface area contributed by atoms with Crippen molar-refractivity contribution in [2.45, 2.75) is 11.6 Å². The lowest BCUT2D eigenvalue weighted by atomic mass is 10.2. The van der Waals surface area contributed by atoms with E-state index in [0.717, 1.165) is 29.2 Å². The Balaban J connectivity index is 1.25. The van der Waals surface area contributed by atoms with E-state index in [-0.39, 0.29) is 6.79 Å². The van der Waals surface area contributed by atoms with Gasteiger partial charge in [0.05, 0.1) is 6.61 Å². The topological polar surface area (TPSA) is 66.6 Å². The molecule has 8 heteroatoms. The Kier molecular flexibility index (Phi) is 5.17. The number of thioether (sulfide) groups is 1. The van der Waals surface area contributed by atoms with E-state index in [0.29, 0.717) is 28.5 Å². The SMILES string of the molecule is Clc1ccc(OCCCSc2nnc(-c3ccc4c(c3)OCO4)o2)cc1. The summed E-state index contributed by atoms with van der Waals surface area (Å²) in [5.74, 6) is 3.50. The van der Waals surface area contributed by atoms with Gasteiger partial charge in [0.25, 0.3) is 5.22 Å². The highest BCUT2D eigenvalue weighted by molar-refractivity contribution is 7.99. The molecule has 0 radical (unpaired) electrons. The molecule has 1 aromatic heterocycles. The maximum absolute atomic E-state index is 5.84. The van der Waals surface area contributed by atoms with Gasteiger partial charge in [-0.3, -0.25) is 0 Å². The van der Waals surface area contributed by atoms with Gasteiger partial charge in [-0.15, -0.1) is 10.2 Å². The van der Waals surface area contributed by atoms with Crippen LogP contribution in [0.5, 0.6) is 17.2 Å². The van der Waals surface area contributed by atoms with E-state index < -0.39 is 0 Å². The Morgan fingerprint density at radius 3 is 2.77 bits per heavy atom. The van der Waals surface area contributed by atoms with Gasteiger partial charge in [0.15, 0.2) is 11.5 Å². The van der Waals surface area contributed by atoms with E-state index in [4.69, 9.17) is 30.2 Å². The number of aromatic nitrogens is 2. The standard InChI is InChI=1S/C18H15ClN2O4S/c19-13-3-5-14(6-4-13)22-8-1-9-26-18-21-20-17(25-18)12-2-7-15-16(10-12)24-11-23-15/h2-7,10H,1,8-9,11H2. The van der Waals surface area contributed by atoms with Crippen LogP contribution in [0.3, 0.4) is 0 Å². The predicted molar refractivity (Wildman–Crippen MR) is 98.1 cm³/mol. The molecule has 2 aromatic carbocycles. The van der Waals surface area contributed by atoms with E-state index in [1.54, 1.807) is 0 Å². The van der Waals surface area contributed by atoms with Gasteiger partial charge < -0.3 is 18.6 Å². The molecule has 1 aliphatic heterocycles. The fourth-order valence-electron chi connectivity index (χ4n) is 2.35. The molecule has 4 rings (SSSR count). The second-order valence-corrected chi connectivity index (χ2v) is 6.93. The molecule has 0 unspecified atom stereocenters. The molecule has 26 heavy (non-hydrogen) atoms. The molecule has 0 atom stereocenters. The second kappa shape index (κ2) is 7.88. The molecule has 1 aliphatic rings. The highest BCUT2D eigenvalue weighted by atomic mass is 35.5. The van der Waals surface area contributed by atoms with Crippen molar-refractivity contribution in [1.29, 1.82) is 0 Å². The highest BCUT2D eigenvalue weighted by Crippen LogP contribution is 2.36. The van der Waals surface area contributed by atoms with Gasteiger partial charge in [-0.2, -0.15) is 0 Å². The Morgan fingerprint density at radius 2 is 1.88 bits per heavy atom. The molecule has 134 valence electrons. The first-order valence-corrected chi connectivity index (χ1v) is 9.39. The summed E-state index contributed by atoms with van der Waals surface area (Å²) in [6.07, 6.45) is 0.856. The average Bonchev–Trinajstić information content (AvgIpc) is 3.31. The molecule has 0 amide bonds. The first-order chi connectivity index (χ1) is 12.8. The Hall–Kier alpha value is -2.38. The quantitative estimate of drug-likeness (QED) is 0.428. The summed E-state index contributed by atoms with van der Waals surface area (Å²) in [6.45, 7) is 0.847. The van der Waals surface area contributed by atoms with Crippen LogP contribution in [0.15, 0.2) is 52.1 Å². The van der Waals surface area contributed by atoms with Crippen molar-refractivity contribution < 1.29 is 18.6 Å². The number of rotatable bonds is 7. The summed E-state index contributed by atoms with van der Waals surface area (Å²) >= 11 is 7.34. The smallest absolute Gasteiger partial charge is 0.276 e. The fourth-order valence-corrected chi connectivity index (χ4v) is 3.15. The molecule has 0 aliphatic carbocycles. The molecule has 0 spiro atoms. The van der Waals surface area contributed by atoms with Crippen molar-refractivity contribution in [2.75, 3.05) is 19.2 Å². The van der Waals surface area contributed by atoms with Gasteiger partial charge in [-0.25, -0.2) is 0 Å².